The van der Waals surface area contributed by atoms with Crippen molar-refractivity contribution in [2.75, 3.05) is 0 Å². The third-order valence-electron chi connectivity index (χ3n) is 5.98. The summed E-state index contributed by atoms with van der Waals surface area (Å²) in [5, 5.41) is 11.0. The molecule has 4 aliphatic carbocycles. The lowest BCUT2D eigenvalue weighted by atomic mass is 9.43. The Kier molecular flexibility index (Phi) is 2.39. The van der Waals surface area contributed by atoms with Gasteiger partial charge in [0.25, 0.3) is 0 Å². The summed E-state index contributed by atoms with van der Waals surface area (Å²) in [4.78, 5) is 4.19. The van der Waals surface area contributed by atoms with E-state index in [4.69, 9.17) is 0 Å². The summed E-state index contributed by atoms with van der Waals surface area (Å²) in [7, 11) is 0. The predicted molar refractivity (Wildman–Crippen MR) is 74.4 cm³/mol. The molecule has 4 fully saturated rings. The van der Waals surface area contributed by atoms with Crippen LogP contribution in [0.15, 0.2) is 24.5 Å². The first-order valence-corrected chi connectivity index (χ1v) is 7.67. The fourth-order valence-corrected chi connectivity index (χ4v) is 6.01. The maximum atomic E-state index is 11.0. The van der Waals surface area contributed by atoms with Crippen molar-refractivity contribution in [2.24, 2.45) is 22.7 Å². The fourth-order valence-electron chi connectivity index (χ4n) is 6.01. The van der Waals surface area contributed by atoms with Gasteiger partial charge in [-0.2, -0.15) is 0 Å². The molecule has 19 heavy (non-hydrogen) atoms. The molecule has 0 saturated heterocycles. The molecule has 1 heterocycles. The molecule has 1 N–H and O–H groups in total. The quantitative estimate of drug-likeness (QED) is 0.876. The first-order chi connectivity index (χ1) is 9.09. The average Bonchev–Trinajstić information content (AvgIpc) is 2.36. The Balaban J connectivity index is 1.70. The van der Waals surface area contributed by atoms with Crippen LogP contribution in [0.2, 0.25) is 0 Å². The summed E-state index contributed by atoms with van der Waals surface area (Å²) in [5.41, 5.74) is 1.66. The van der Waals surface area contributed by atoms with Crippen LogP contribution in [0.5, 0.6) is 0 Å². The first kappa shape index (κ1) is 11.9. The molecular formula is C17H23NO. The number of hydrogen-bond donors (Lipinski definition) is 1. The molecule has 0 aliphatic heterocycles. The molecular weight excluding hydrogens is 234 g/mol. The van der Waals surface area contributed by atoms with Crippen molar-refractivity contribution in [3.63, 3.8) is 0 Å². The smallest absolute Gasteiger partial charge is 0.0861 e. The average molecular weight is 257 g/mol. The second kappa shape index (κ2) is 3.82. The topological polar surface area (TPSA) is 33.1 Å². The Morgan fingerprint density at radius 3 is 2.58 bits per heavy atom. The lowest BCUT2D eigenvalue weighted by Gasteiger charge is -2.62. The number of nitrogens with zero attached hydrogens (tertiary/aromatic N) is 1. The molecule has 0 amide bonds. The van der Waals surface area contributed by atoms with Crippen molar-refractivity contribution in [2.45, 2.75) is 51.6 Å². The number of aliphatic hydroxyl groups is 1. The Hall–Kier alpha value is -0.890. The number of pyridine rings is 1. The monoisotopic (exact) mass is 257 g/mol. The van der Waals surface area contributed by atoms with Crippen LogP contribution in [0.1, 0.15) is 57.1 Å². The van der Waals surface area contributed by atoms with Crippen LogP contribution in [0.4, 0.5) is 0 Å². The molecule has 4 saturated carbocycles. The van der Waals surface area contributed by atoms with Gasteiger partial charge >= 0.3 is 0 Å². The van der Waals surface area contributed by atoms with Crippen LogP contribution in [0, 0.1) is 22.7 Å². The maximum Gasteiger partial charge on any atom is 0.0861 e. The number of rotatable bonds is 2. The highest BCUT2D eigenvalue weighted by molar-refractivity contribution is 5.19. The molecule has 4 bridgehead atoms. The molecule has 102 valence electrons. The molecule has 0 radical (unpaired) electrons. The molecule has 2 nitrogen and oxygen atoms in total. The zero-order valence-corrected chi connectivity index (χ0v) is 11.7. The largest absolute Gasteiger partial charge is 0.388 e. The van der Waals surface area contributed by atoms with E-state index in [2.05, 4.69) is 11.9 Å². The molecule has 5 rings (SSSR count). The van der Waals surface area contributed by atoms with E-state index in [1.807, 2.05) is 18.3 Å². The highest BCUT2D eigenvalue weighted by atomic mass is 16.3. The van der Waals surface area contributed by atoms with Gasteiger partial charge in [0, 0.05) is 17.8 Å². The van der Waals surface area contributed by atoms with Gasteiger partial charge in [-0.1, -0.05) is 13.0 Å². The molecule has 1 aromatic heterocycles. The van der Waals surface area contributed by atoms with E-state index in [1.54, 1.807) is 6.20 Å². The van der Waals surface area contributed by atoms with Crippen LogP contribution < -0.4 is 0 Å². The summed E-state index contributed by atoms with van der Waals surface area (Å²) < 4.78 is 0. The summed E-state index contributed by atoms with van der Waals surface area (Å²) in [6.45, 7) is 2.45. The van der Waals surface area contributed by atoms with Crippen molar-refractivity contribution in [1.82, 2.24) is 4.98 Å². The molecule has 1 aromatic rings. The zero-order valence-electron chi connectivity index (χ0n) is 11.7. The molecule has 0 spiro atoms. The number of aromatic nitrogens is 1. The van der Waals surface area contributed by atoms with Gasteiger partial charge in [0.15, 0.2) is 0 Å². The first-order valence-electron chi connectivity index (χ1n) is 7.67. The minimum atomic E-state index is -0.313. The van der Waals surface area contributed by atoms with Gasteiger partial charge in [0.2, 0.25) is 0 Å². The van der Waals surface area contributed by atoms with Crippen molar-refractivity contribution >= 4 is 0 Å². The lowest BCUT2D eigenvalue weighted by molar-refractivity contribution is -0.155. The van der Waals surface area contributed by atoms with E-state index >= 15 is 0 Å². The Morgan fingerprint density at radius 2 is 2.00 bits per heavy atom. The maximum absolute atomic E-state index is 11.0. The Morgan fingerprint density at radius 1 is 1.26 bits per heavy atom. The van der Waals surface area contributed by atoms with Crippen molar-refractivity contribution < 1.29 is 5.11 Å². The van der Waals surface area contributed by atoms with Crippen molar-refractivity contribution in [1.29, 1.82) is 0 Å². The van der Waals surface area contributed by atoms with Crippen LogP contribution in [0.3, 0.4) is 0 Å². The summed E-state index contributed by atoms with van der Waals surface area (Å²) in [6, 6.07) is 3.99. The van der Waals surface area contributed by atoms with Gasteiger partial charge < -0.3 is 5.11 Å². The number of aliphatic hydroxyl groups excluding tert-OH is 1. The van der Waals surface area contributed by atoms with Crippen LogP contribution in [0.25, 0.3) is 0 Å². The normalized spacial score (nSPS) is 45.4. The minimum absolute atomic E-state index is 0.141. The highest BCUT2D eigenvalue weighted by Crippen LogP contribution is 2.68. The summed E-state index contributed by atoms with van der Waals surface area (Å²) in [5.74, 6) is 1.72. The lowest BCUT2D eigenvalue weighted by Crippen LogP contribution is -2.53. The van der Waals surface area contributed by atoms with Gasteiger partial charge in [0.05, 0.1) is 6.10 Å². The van der Waals surface area contributed by atoms with Crippen LogP contribution in [-0.4, -0.2) is 10.1 Å². The van der Waals surface area contributed by atoms with Gasteiger partial charge in [-0.25, -0.2) is 0 Å². The van der Waals surface area contributed by atoms with E-state index in [9.17, 15) is 5.11 Å². The third-order valence-corrected chi connectivity index (χ3v) is 5.98. The fraction of sp³-hybridized carbons (Fsp3) is 0.706. The molecule has 0 aromatic carbocycles. The second-order valence-electron chi connectivity index (χ2n) is 7.82. The molecule has 3 unspecified atom stereocenters. The second-order valence-corrected chi connectivity index (χ2v) is 7.82. The van der Waals surface area contributed by atoms with Crippen LogP contribution >= 0.6 is 0 Å². The van der Waals surface area contributed by atoms with Crippen molar-refractivity contribution in [3.8, 4) is 0 Å². The van der Waals surface area contributed by atoms with E-state index < -0.39 is 0 Å². The van der Waals surface area contributed by atoms with Crippen molar-refractivity contribution in [3.05, 3.63) is 30.1 Å². The van der Waals surface area contributed by atoms with E-state index in [-0.39, 0.29) is 11.5 Å². The number of hydrogen-bond acceptors (Lipinski definition) is 2. The predicted octanol–water partition coefficient (Wildman–Crippen LogP) is 3.72. The zero-order chi connectivity index (χ0) is 13.1. The van der Waals surface area contributed by atoms with E-state index in [1.165, 1.54) is 38.5 Å². The van der Waals surface area contributed by atoms with Gasteiger partial charge in [-0.05, 0) is 67.4 Å². The standard InChI is InChI=1S/C17H23NO/c1-16-6-12-5-13(7-16)9-17(8-12,11-16)15(19)14-3-2-4-18-10-14/h2-4,10,12-13,15,19H,5-9,11H2,1H3. The Bertz CT molecular complexity index is 469. The molecule has 3 atom stereocenters. The molecule has 2 heteroatoms. The van der Waals surface area contributed by atoms with Crippen LogP contribution in [-0.2, 0) is 0 Å². The van der Waals surface area contributed by atoms with Gasteiger partial charge in [-0.15, -0.1) is 0 Å². The minimum Gasteiger partial charge on any atom is -0.388 e. The summed E-state index contributed by atoms with van der Waals surface area (Å²) >= 11 is 0. The van der Waals surface area contributed by atoms with E-state index in [0.717, 1.165) is 17.4 Å². The van der Waals surface area contributed by atoms with Gasteiger partial charge in [0.1, 0.15) is 0 Å². The summed E-state index contributed by atoms with van der Waals surface area (Å²) in [6.07, 6.45) is 11.2. The van der Waals surface area contributed by atoms with Gasteiger partial charge in [-0.3, -0.25) is 4.98 Å². The third kappa shape index (κ3) is 1.76. The highest BCUT2D eigenvalue weighted by Gasteiger charge is 2.58. The Labute approximate surface area is 115 Å². The molecule has 4 aliphatic rings. The SMILES string of the molecule is CC12CC3CC(C1)CC(C(O)c1cccnc1)(C3)C2. The van der Waals surface area contributed by atoms with E-state index in [0.29, 0.717) is 5.41 Å².